The first-order valence-electron chi connectivity index (χ1n) is 4.66. The largest absolute Gasteiger partial charge is 0.320 e. The quantitative estimate of drug-likeness (QED) is 0.876. The maximum absolute atomic E-state index is 14.1. The molecule has 0 aromatic heterocycles. The molecule has 1 N–H and O–H groups in total. The van der Waals surface area contributed by atoms with Crippen LogP contribution in [-0.2, 0) is 5.67 Å². The SMILES string of the molecule is CNCCC(C)(F)c1ccc(Br)cc1. The number of nitrogens with one attached hydrogen (secondary N) is 1. The molecule has 0 saturated carbocycles. The molecule has 0 bridgehead atoms. The summed E-state index contributed by atoms with van der Waals surface area (Å²) in [6.07, 6.45) is 0.491. The first-order chi connectivity index (χ1) is 6.56. The lowest BCUT2D eigenvalue weighted by atomic mass is 9.94. The second-order valence-electron chi connectivity index (χ2n) is 3.56. The van der Waals surface area contributed by atoms with E-state index in [0.29, 0.717) is 13.0 Å². The summed E-state index contributed by atoms with van der Waals surface area (Å²) in [6, 6.07) is 7.37. The Labute approximate surface area is 92.8 Å². The van der Waals surface area contributed by atoms with Gasteiger partial charge in [-0.3, -0.25) is 0 Å². The molecule has 1 aromatic rings. The number of alkyl halides is 1. The summed E-state index contributed by atoms with van der Waals surface area (Å²) >= 11 is 3.33. The van der Waals surface area contributed by atoms with E-state index in [1.807, 2.05) is 31.3 Å². The third kappa shape index (κ3) is 3.07. The molecule has 0 amide bonds. The van der Waals surface area contributed by atoms with E-state index in [4.69, 9.17) is 0 Å². The molecular formula is C11H15BrFN. The molecule has 0 spiro atoms. The number of hydrogen-bond donors (Lipinski definition) is 1. The van der Waals surface area contributed by atoms with Crippen LogP contribution in [0.15, 0.2) is 28.7 Å². The molecule has 0 fully saturated rings. The molecule has 0 aliphatic carbocycles. The normalized spacial score (nSPS) is 15.1. The summed E-state index contributed by atoms with van der Waals surface area (Å²) < 4.78 is 15.1. The zero-order valence-electron chi connectivity index (χ0n) is 8.48. The average molecular weight is 260 g/mol. The zero-order valence-corrected chi connectivity index (χ0v) is 10.1. The van der Waals surface area contributed by atoms with Crippen LogP contribution < -0.4 is 5.32 Å². The Morgan fingerprint density at radius 3 is 2.43 bits per heavy atom. The van der Waals surface area contributed by atoms with Gasteiger partial charge in [0.15, 0.2) is 0 Å². The van der Waals surface area contributed by atoms with Crippen molar-refractivity contribution in [1.29, 1.82) is 0 Å². The Morgan fingerprint density at radius 2 is 1.93 bits per heavy atom. The van der Waals surface area contributed by atoms with Crippen molar-refractivity contribution in [2.75, 3.05) is 13.6 Å². The summed E-state index contributed by atoms with van der Waals surface area (Å²) in [5, 5.41) is 2.96. The van der Waals surface area contributed by atoms with E-state index >= 15 is 0 Å². The van der Waals surface area contributed by atoms with Gasteiger partial charge in [0.25, 0.3) is 0 Å². The molecule has 0 aliphatic rings. The molecular weight excluding hydrogens is 245 g/mol. The molecule has 0 radical (unpaired) electrons. The first-order valence-corrected chi connectivity index (χ1v) is 5.45. The zero-order chi connectivity index (χ0) is 10.6. The highest BCUT2D eigenvalue weighted by atomic mass is 79.9. The van der Waals surface area contributed by atoms with Crippen LogP contribution in [0, 0.1) is 0 Å². The molecule has 1 unspecified atom stereocenters. The van der Waals surface area contributed by atoms with Crippen molar-refractivity contribution in [3.05, 3.63) is 34.3 Å². The summed E-state index contributed by atoms with van der Waals surface area (Å²) in [4.78, 5) is 0. The number of hydrogen-bond acceptors (Lipinski definition) is 1. The van der Waals surface area contributed by atoms with Crippen molar-refractivity contribution < 1.29 is 4.39 Å². The maximum atomic E-state index is 14.1. The van der Waals surface area contributed by atoms with E-state index in [-0.39, 0.29) is 0 Å². The van der Waals surface area contributed by atoms with Gasteiger partial charge in [-0.2, -0.15) is 0 Å². The third-order valence-electron chi connectivity index (χ3n) is 2.29. The van der Waals surface area contributed by atoms with Crippen molar-refractivity contribution in [2.24, 2.45) is 0 Å². The van der Waals surface area contributed by atoms with Gasteiger partial charge < -0.3 is 5.32 Å². The van der Waals surface area contributed by atoms with Crippen LogP contribution in [0.5, 0.6) is 0 Å². The van der Waals surface area contributed by atoms with Crippen molar-refractivity contribution in [1.82, 2.24) is 5.32 Å². The van der Waals surface area contributed by atoms with Gasteiger partial charge in [-0.25, -0.2) is 4.39 Å². The molecule has 0 aliphatic heterocycles. The number of rotatable bonds is 4. The number of benzene rings is 1. The van der Waals surface area contributed by atoms with E-state index in [9.17, 15) is 4.39 Å². The highest BCUT2D eigenvalue weighted by Gasteiger charge is 2.24. The minimum atomic E-state index is -1.25. The second kappa shape index (κ2) is 4.89. The smallest absolute Gasteiger partial charge is 0.134 e. The third-order valence-corrected chi connectivity index (χ3v) is 2.82. The predicted octanol–water partition coefficient (Wildman–Crippen LogP) is 3.24. The molecule has 0 saturated heterocycles. The summed E-state index contributed by atoms with van der Waals surface area (Å²) in [6.45, 7) is 2.30. The highest BCUT2D eigenvalue weighted by molar-refractivity contribution is 9.10. The van der Waals surface area contributed by atoms with Gasteiger partial charge in [0.2, 0.25) is 0 Å². The molecule has 1 rings (SSSR count). The topological polar surface area (TPSA) is 12.0 Å². The Balaban J connectivity index is 2.75. The van der Waals surface area contributed by atoms with Crippen LogP contribution in [0.2, 0.25) is 0 Å². The fraction of sp³-hybridized carbons (Fsp3) is 0.455. The molecule has 3 heteroatoms. The van der Waals surface area contributed by atoms with E-state index in [1.54, 1.807) is 6.92 Å². The van der Waals surface area contributed by atoms with Crippen molar-refractivity contribution >= 4 is 15.9 Å². The van der Waals surface area contributed by atoms with Crippen LogP contribution in [0.4, 0.5) is 4.39 Å². The fourth-order valence-electron chi connectivity index (χ4n) is 1.30. The van der Waals surface area contributed by atoms with Crippen molar-refractivity contribution in [3.63, 3.8) is 0 Å². The van der Waals surface area contributed by atoms with Gasteiger partial charge in [-0.1, -0.05) is 28.1 Å². The van der Waals surface area contributed by atoms with Crippen LogP contribution >= 0.6 is 15.9 Å². The maximum Gasteiger partial charge on any atom is 0.134 e. The molecule has 78 valence electrons. The van der Waals surface area contributed by atoms with Crippen molar-refractivity contribution in [2.45, 2.75) is 19.0 Å². The van der Waals surface area contributed by atoms with Gasteiger partial charge in [0.1, 0.15) is 5.67 Å². The van der Waals surface area contributed by atoms with E-state index in [2.05, 4.69) is 21.2 Å². The predicted molar refractivity (Wildman–Crippen MR) is 61.1 cm³/mol. The molecule has 0 heterocycles. The second-order valence-corrected chi connectivity index (χ2v) is 4.47. The van der Waals surface area contributed by atoms with Gasteiger partial charge in [-0.15, -0.1) is 0 Å². The standard InChI is InChI=1S/C11H15BrFN/c1-11(13,7-8-14-2)9-3-5-10(12)6-4-9/h3-6,14H,7-8H2,1-2H3. The lowest BCUT2D eigenvalue weighted by Crippen LogP contribution is -2.22. The number of halogens is 2. The fourth-order valence-corrected chi connectivity index (χ4v) is 1.57. The monoisotopic (exact) mass is 259 g/mol. The lowest BCUT2D eigenvalue weighted by molar-refractivity contribution is 0.177. The van der Waals surface area contributed by atoms with Gasteiger partial charge >= 0.3 is 0 Å². The minimum Gasteiger partial charge on any atom is -0.320 e. The van der Waals surface area contributed by atoms with Crippen LogP contribution in [-0.4, -0.2) is 13.6 Å². The first kappa shape index (κ1) is 11.7. The molecule has 1 atom stereocenters. The Hall–Kier alpha value is -0.410. The van der Waals surface area contributed by atoms with E-state index in [1.165, 1.54) is 0 Å². The minimum absolute atomic E-state index is 0.491. The average Bonchev–Trinajstić information content (AvgIpc) is 2.16. The Morgan fingerprint density at radius 1 is 1.36 bits per heavy atom. The van der Waals surface area contributed by atoms with Gasteiger partial charge in [-0.05, 0) is 44.6 Å². The van der Waals surface area contributed by atoms with Crippen molar-refractivity contribution in [3.8, 4) is 0 Å². The molecule has 1 nitrogen and oxygen atoms in total. The summed E-state index contributed by atoms with van der Waals surface area (Å²) in [7, 11) is 1.83. The summed E-state index contributed by atoms with van der Waals surface area (Å²) in [5.74, 6) is 0. The molecule has 14 heavy (non-hydrogen) atoms. The van der Waals surface area contributed by atoms with Gasteiger partial charge in [0.05, 0.1) is 0 Å². The summed E-state index contributed by atoms with van der Waals surface area (Å²) in [5.41, 5.74) is -0.514. The van der Waals surface area contributed by atoms with Gasteiger partial charge in [0, 0.05) is 4.47 Å². The Bertz CT molecular complexity index is 282. The molecule has 1 aromatic carbocycles. The van der Waals surface area contributed by atoms with Crippen LogP contribution in [0.25, 0.3) is 0 Å². The van der Waals surface area contributed by atoms with Crippen LogP contribution in [0.3, 0.4) is 0 Å². The lowest BCUT2D eigenvalue weighted by Gasteiger charge is -2.20. The Kier molecular flexibility index (Phi) is 4.08. The van der Waals surface area contributed by atoms with E-state index in [0.717, 1.165) is 10.0 Å². The van der Waals surface area contributed by atoms with E-state index < -0.39 is 5.67 Å². The van der Waals surface area contributed by atoms with Crippen LogP contribution in [0.1, 0.15) is 18.9 Å². The highest BCUT2D eigenvalue weighted by Crippen LogP contribution is 2.29.